The number of nitrogens with zero attached hydrogens (tertiary/aromatic N) is 4. The Morgan fingerprint density at radius 2 is 2.03 bits per heavy atom. The van der Waals surface area contributed by atoms with E-state index in [0.717, 1.165) is 46.5 Å². The van der Waals surface area contributed by atoms with Crippen LogP contribution in [0.15, 0.2) is 47.6 Å². The van der Waals surface area contributed by atoms with Crippen LogP contribution in [0.25, 0.3) is 27.2 Å². The standard InChI is InChI=1S/C24H21N5O2/c1-26-23-17(4-3-5-22(23)31-15-7-8-15)24-19(12-28-29(24)2)14-6-9-16-18(10-14)20(11-25)27-13-21(16)30/h3-6,9-10,12,15H,7-8,11,13,25H2,2H3. The molecule has 1 aliphatic carbocycles. The number of carbonyl (C=O) groups is 1. The molecular weight excluding hydrogens is 390 g/mol. The lowest BCUT2D eigenvalue weighted by atomic mass is 9.91. The average Bonchev–Trinajstić information content (AvgIpc) is 3.52. The zero-order chi connectivity index (χ0) is 21.5. The quantitative estimate of drug-likeness (QED) is 0.647. The van der Waals surface area contributed by atoms with E-state index in [1.165, 1.54) is 0 Å². The zero-order valence-corrected chi connectivity index (χ0v) is 17.1. The first-order chi connectivity index (χ1) is 15.1. The van der Waals surface area contributed by atoms with Gasteiger partial charge in [0.05, 0.1) is 30.3 Å². The fraction of sp³-hybridized carbons (Fsp3) is 0.250. The van der Waals surface area contributed by atoms with Crippen molar-refractivity contribution in [1.29, 1.82) is 0 Å². The molecule has 1 aliphatic heterocycles. The second-order valence-corrected chi connectivity index (χ2v) is 7.76. The van der Waals surface area contributed by atoms with E-state index < -0.39 is 0 Å². The van der Waals surface area contributed by atoms with Gasteiger partial charge in [-0.15, -0.1) is 0 Å². The molecular formula is C24H21N5O2. The molecule has 7 nitrogen and oxygen atoms in total. The first-order valence-corrected chi connectivity index (χ1v) is 10.2. The molecule has 0 atom stereocenters. The molecule has 1 saturated carbocycles. The van der Waals surface area contributed by atoms with Gasteiger partial charge in [0.2, 0.25) is 5.69 Å². The van der Waals surface area contributed by atoms with E-state index in [1.54, 1.807) is 10.9 Å². The molecule has 2 aliphatic rings. The third-order valence-electron chi connectivity index (χ3n) is 5.67. The number of hydrogen-bond acceptors (Lipinski definition) is 5. The number of benzene rings is 2. The van der Waals surface area contributed by atoms with Crippen LogP contribution in [0.2, 0.25) is 0 Å². The number of ether oxygens (including phenoxy) is 1. The van der Waals surface area contributed by atoms with Crippen LogP contribution in [0.3, 0.4) is 0 Å². The molecule has 2 aromatic carbocycles. The summed E-state index contributed by atoms with van der Waals surface area (Å²) in [5.41, 5.74) is 11.8. The number of rotatable bonds is 5. The summed E-state index contributed by atoms with van der Waals surface area (Å²) in [6.45, 7) is 8.19. The van der Waals surface area contributed by atoms with Gasteiger partial charge in [0.1, 0.15) is 12.3 Å². The number of Topliss-reactive ketones (excluding diaryl/α,β-unsaturated/α-hetero) is 1. The summed E-state index contributed by atoms with van der Waals surface area (Å²) < 4.78 is 7.74. The van der Waals surface area contributed by atoms with Gasteiger partial charge in [-0.3, -0.25) is 14.5 Å². The van der Waals surface area contributed by atoms with E-state index in [1.807, 2.05) is 43.4 Å². The Morgan fingerprint density at radius 3 is 2.77 bits per heavy atom. The summed E-state index contributed by atoms with van der Waals surface area (Å²) in [6, 6.07) is 11.4. The van der Waals surface area contributed by atoms with Crippen molar-refractivity contribution in [2.45, 2.75) is 18.9 Å². The van der Waals surface area contributed by atoms with Crippen LogP contribution in [-0.4, -0.2) is 40.5 Å². The Morgan fingerprint density at radius 1 is 1.19 bits per heavy atom. The van der Waals surface area contributed by atoms with Crippen molar-refractivity contribution in [3.8, 4) is 28.1 Å². The smallest absolute Gasteiger partial charge is 0.237 e. The average molecular weight is 411 g/mol. The van der Waals surface area contributed by atoms with Gasteiger partial charge in [-0.05, 0) is 30.5 Å². The molecule has 0 bridgehead atoms. The number of aliphatic imine (C=N–C) groups is 1. The van der Waals surface area contributed by atoms with Crippen molar-refractivity contribution in [3.63, 3.8) is 0 Å². The van der Waals surface area contributed by atoms with Crippen LogP contribution in [-0.2, 0) is 7.05 Å². The highest BCUT2D eigenvalue weighted by Crippen LogP contribution is 2.44. The molecule has 2 heterocycles. The zero-order valence-electron chi connectivity index (χ0n) is 17.1. The summed E-state index contributed by atoms with van der Waals surface area (Å²) in [5.74, 6) is 0.598. The number of nitrogens with two attached hydrogens (primary N) is 1. The van der Waals surface area contributed by atoms with E-state index in [9.17, 15) is 4.79 Å². The van der Waals surface area contributed by atoms with Crippen LogP contribution in [0, 0.1) is 6.57 Å². The molecule has 0 spiro atoms. The molecule has 2 N–H and O–H groups in total. The topological polar surface area (TPSA) is 86.9 Å². The predicted molar refractivity (Wildman–Crippen MR) is 119 cm³/mol. The van der Waals surface area contributed by atoms with Crippen molar-refractivity contribution < 1.29 is 9.53 Å². The van der Waals surface area contributed by atoms with Crippen LogP contribution < -0.4 is 10.5 Å². The maximum atomic E-state index is 12.3. The first-order valence-electron chi connectivity index (χ1n) is 10.2. The Labute approximate surface area is 180 Å². The van der Waals surface area contributed by atoms with Gasteiger partial charge in [0.15, 0.2) is 5.78 Å². The first kappa shape index (κ1) is 19.2. The van der Waals surface area contributed by atoms with Crippen LogP contribution in [0.1, 0.15) is 28.8 Å². The molecule has 0 unspecified atom stereocenters. The summed E-state index contributed by atoms with van der Waals surface area (Å²) in [7, 11) is 1.86. The van der Waals surface area contributed by atoms with Crippen LogP contribution in [0.4, 0.5) is 5.69 Å². The van der Waals surface area contributed by atoms with Crippen molar-refractivity contribution >= 4 is 17.2 Å². The van der Waals surface area contributed by atoms with E-state index in [0.29, 0.717) is 17.0 Å². The Hall–Kier alpha value is -3.76. The van der Waals surface area contributed by atoms with E-state index in [2.05, 4.69) is 14.9 Å². The minimum Gasteiger partial charge on any atom is -0.501 e. The number of fused-ring (bicyclic) bond motifs is 1. The number of aromatic nitrogens is 2. The highest BCUT2D eigenvalue weighted by molar-refractivity contribution is 6.16. The molecule has 0 radical (unpaired) electrons. The second-order valence-electron chi connectivity index (χ2n) is 7.76. The van der Waals surface area contributed by atoms with Gasteiger partial charge in [-0.2, -0.15) is 5.10 Å². The molecule has 1 aromatic heterocycles. The Kier molecular flexibility index (Phi) is 4.64. The third-order valence-corrected chi connectivity index (χ3v) is 5.67. The number of carbonyl (C=O) groups excluding carboxylic acids is 1. The normalized spacial score (nSPS) is 15.3. The molecule has 0 amide bonds. The summed E-state index contributed by atoms with van der Waals surface area (Å²) >= 11 is 0. The summed E-state index contributed by atoms with van der Waals surface area (Å²) in [5, 5.41) is 4.46. The lowest BCUT2D eigenvalue weighted by Gasteiger charge is -2.17. The predicted octanol–water partition coefficient (Wildman–Crippen LogP) is 3.79. The van der Waals surface area contributed by atoms with Crippen LogP contribution in [0.5, 0.6) is 5.75 Å². The van der Waals surface area contributed by atoms with Gasteiger partial charge in [0.25, 0.3) is 0 Å². The Balaban J connectivity index is 1.65. The second kappa shape index (κ2) is 7.49. The lowest BCUT2D eigenvalue weighted by molar-refractivity contribution is 0.1000. The third kappa shape index (κ3) is 3.31. The molecule has 1 fully saturated rings. The molecule has 154 valence electrons. The summed E-state index contributed by atoms with van der Waals surface area (Å²) in [6.07, 6.45) is 4.03. The highest BCUT2D eigenvalue weighted by Gasteiger charge is 2.27. The van der Waals surface area contributed by atoms with Gasteiger partial charge in [-0.25, -0.2) is 4.85 Å². The van der Waals surface area contributed by atoms with Crippen molar-refractivity contribution in [2.24, 2.45) is 17.8 Å². The summed E-state index contributed by atoms with van der Waals surface area (Å²) in [4.78, 5) is 20.4. The minimum atomic E-state index is -0.00891. The van der Waals surface area contributed by atoms with E-state index >= 15 is 0 Å². The fourth-order valence-corrected chi connectivity index (χ4v) is 3.96. The fourth-order valence-electron chi connectivity index (χ4n) is 3.96. The largest absolute Gasteiger partial charge is 0.501 e. The van der Waals surface area contributed by atoms with E-state index in [-0.39, 0.29) is 25.0 Å². The molecule has 5 rings (SSSR count). The molecule has 31 heavy (non-hydrogen) atoms. The van der Waals surface area contributed by atoms with Crippen molar-refractivity contribution in [1.82, 2.24) is 9.78 Å². The molecule has 3 aromatic rings. The lowest BCUT2D eigenvalue weighted by Crippen LogP contribution is -2.24. The van der Waals surface area contributed by atoms with Gasteiger partial charge >= 0.3 is 0 Å². The van der Waals surface area contributed by atoms with Gasteiger partial charge in [0, 0.05) is 35.8 Å². The molecule has 7 heteroatoms. The van der Waals surface area contributed by atoms with Crippen molar-refractivity contribution in [3.05, 3.63) is 65.1 Å². The van der Waals surface area contributed by atoms with Gasteiger partial charge in [-0.1, -0.05) is 24.3 Å². The maximum absolute atomic E-state index is 12.3. The van der Waals surface area contributed by atoms with Crippen LogP contribution >= 0.6 is 0 Å². The molecule has 0 saturated heterocycles. The SMILES string of the molecule is [C-]#[N+]c1c(OC2CC2)cccc1-c1c(-c2ccc3c(c2)C(CN)=NCC3=O)cnn1C. The van der Waals surface area contributed by atoms with E-state index in [4.69, 9.17) is 17.0 Å². The number of para-hydroxylation sites is 1. The maximum Gasteiger partial charge on any atom is 0.237 e. The monoisotopic (exact) mass is 411 g/mol. The minimum absolute atomic E-state index is 0.00891. The Bertz CT molecular complexity index is 1280. The van der Waals surface area contributed by atoms with Gasteiger partial charge < -0.3 is 10.5 Å². The highest BCUT2D eigenvalue weighted by atomic mass is 16.5. The number of hydrogen-bond donors (Lipinski definition) is 1. The van der Waals surface area contributed by atoms with Crippen molar-refractivity contribution in [2.75, 3.05) is 13.1 Å². The number of ketones is 1. The number of aryl methyl sites for hydroxylation is 1.